The van der Waals surface area contributed by atoms with Crippen molar-refractivity contribution in [1.82, 2.24) is 14.8 Å². The minimum absolute atomic E-state index is 0.173. The maximum Gasteiger partial charge on any atom is 0.262 e. The molecule has 0 bridgehead atoms. The summed E-state index contributed by atoms with van der Waals surface area (Å²) in [4.78, 5) is 38.7. The molecule has 1 saturated heterocycles. The van der Waals surface area contributed by atoms with E-state index in [1.165, 1.54) is 6.07 Å². The van der Waals surface area contributed by atoms with Crippen LogP contribution in [0.4, 0.5) is 4.39 Å². The second kappa shape index (κ2) is 8.83. The van der Waals surface area contributed by atoms with Crippen LogP contribution in [0.15, 0.2) is 75.5 Å². The Balaban J connectivity index is 1.23. The number of aliphatic imine (C=N–C) groups is 1. The molecule has 2 amide bonds. The van der Waals surface area contributed by atoms with Crippen molar-refractivity contribution in [1.29, 1.82) is 0 Å². The van der Waals surface area contributed by atoms with Gasteiger partial charge >= 0.3 is 0 Å². The van der Waals surface area contributed by atoms with Crippen molar-refractivity contribution in [2.24, 2.45) is 38.5 Å². The number of pyridine rings is 1. The highest BCUT2D eigenvalue weighted by atomic mass is 19.1. The smallest absolute Gasteiger partial charge is 0.262 e. The van der Waals surface area contributed by atoms with Crippen molar-refractivity contribution < 1.29 is 14.0 Å². The lowest BCUT2D eigenvalue weighted by molar-refractivity contribution is -0.131. The molecule has 3 aromatic rings. The van der Waals surface area contributed by atoms with Gasteiger partial charge in [-0.3, -0.25) is 19.5 Å². The number of hydrogen-bond acceptors (Lipinski definition) is 8. The monoisotopic (exact) mass is 538 g/mol. The van der Waals surface area contributed by atoms with Gasteiger partial charge in [0.15, 0.2) is 12.1 Å². The van der Waals surface area contributed by atoms with E-state index in [-0.39, 0.29) is 29.0 Å². The Kier molecular flexibility index (Phi) is 5.45. The number of likely N-dealkylation sites (tertiary alicyclic amines) is 1. The third kappa shape index (κ3) is 3.34. The number of piperidine rings is 1. The Morgan fingerprint density at radius 2 is 1.95 bits per heavy atom. The molecule has 0 spiro atoms. The second-order valence-corrected chi connectivity index (χ2v) is 10.8. The second-order valence-electron chi connectivity index (χ2n) is 10.8. The van der Waals surface area contributed by atoms with Gasteiger partial charge in [-0.15, -0.1) is 10.2 Å². The maximum absolute atomic E-state index is 14.8. The normalized spacial score (nSPS) is 27.6. The molecule has 3 aliphatic heterocycles. The van der Waals surface area contributed by atoms with Gasteiger partial charge in [-0.05, 0) is 42.0 Å². The zero-order chi connectivity index (χ0) is 27.8. The van der Waals surface area contributed by atoms with Crippen molar-refractivity contribution in [2.45, 2.75) is 18.1 Å². The molecule has 1 unspecified atom stereocenters. The fourth-order valence-corrected chi connectivity index (χ4v) is 7.02. The number of rotatable bonds is 5. The van der Waals surface area contributed by atoms with Crippen LogP contribution in [0, 0.1) is 17.7 Å². The highest BCUT2D eigenvalue weighted by Gasteiger charge is 2.66. The molecule has 4 heterocycles. The van der Waals surface area contributed by atoms with Crippen LogP contribution in [0.2, 0.25) is 0 Å². The molecule has 2 aromatic carbocycles. The Bertz CT molecular complexity index is 1700. The number of nitrogens with zero attached hydrogens (tertiary/aromatic N) is 6. The lowest BCUT2D eigenvalue weighted by atomic mass is 9.91. The van der Waals surface area contributed by atoms with Crippen molar-refractivity contribution in [3.63, 3.8) is 0 Å². The highest BCUT2D eigenvalue weighted by Crippen LogP contribution is 2.63. The van der Waals surface area contributed by atoms with Gasteiger partial charge in [0.2, 0.25) is 0 Å². The van der Waals surface area contributed by atoms with Gasteiger partial charge in [-0.25, -0.2) is 9.38 Å². The molecule has 7 rings (SSSR count). The summed E-state index contributed by atoms with van der Waals surface area (Å²) in [5.74, 6) is -0.320. The maximum atomic E-state index is 14.8. The Labute approximate surface area is 229 Å². The van der Waals surface area contributed by atoms with Gasteiger partial charge in [0.25, 0.3) is 11.8 Å². The zero-order valence-electron chi connectivity index (χ0n) is 21.8. The average molecular weight is 539 g/mol. The predicted octanol–water partition coefficient (Wildman–Crippen LogP) is 2.65. The van der Waals surface area contributed by atoms with E-state index in [1.54, 1.807) is 48.5 Å². The average Bonchev–Trinajstić information content (AvgIpc) is 3.42. The summed E-state index contributed by atoms with van der Waals surface area (Å²) in [6.45, 7) is 1.71. The quantitative estimate of drug-likeness (QED) is 0.514. The van der Waals surface area contributed by atoms with E-state index >= 15 is 0 Å². The van der Waals surface area contributed by atoms with Crippen LogP contribution >= 0.6 is 0 Å². The molecule has 10 nitrogen and oxygen atoms in total. The van der Waals surface area contributed by atoms with E-state index in [9.17, 15) is 14.0 Å². The SMILES string of the molecule is CN1C(=O)C2=C(c3ccc(C(N)=O)c4ncccc34)N=NC2=NC1N1CC[C@@H]2[C@H](C1)[C@@]2(CN)c1ccccc1F. The number of benzene rings is 2. The number of likely N-dealkylation sites (N-methyl/N-ethyl adjacent to an activating group) is 1. The molecule has 11 heteroatoms. The number of halogens is 1. The Morgan fingerprint density at radius 3 is 2.73 bits per heavy atom. The molecule has 1 aliphatic carbocycles. The van der Waals surface area contributed by atoms with Crippen molar-refractivity contribution in [3.05, 3.63) is 82.8 Å². The minimum atomic E-state index is -0.590. The van der Waals surface area contributed by atoms with Crippen LogP contribution in [0.5, 0.6) is 0 Å². The largest absolute Gasteiger partial charge is 0.366 e. The van der Waals surface area contributed by atoms with Gasteiger partial charge in [0, 0.05) is 49.2 Å². The molecule has 1 aromatic heterocycles. The first-order valence-corrected chi connectivity index (χ1v) is 13.2. The van der Waals surface area contributed by atoms with E-state index in [0.717, 1.165) is 6.42 Å². The van der Waals surface area contributed by atoms with Crippen LogP contribution in [0.1, 0.15) is 27.9 Å². The van der Waals surface area contributed by atoms with Gasteiger partial charge in [0.1, 0.15) is 17.1 Å². The number of azo groups is 1. The zero-order valence-corrected chi connectivity index (χ0v) is 21.8. The van der Waals surface area contributed by atoms with Crippen molar-refractivity contribution >= 4 is 34.2 Å². The number of aromatic nitrogens is 1. The number of carbonyl (C=O) groups is 2. The van der Waals surface area contributed by atoms with Gasteiger partial charge in [0.05, 0.1) is 11.1 Å². The number of carbonyl (C=O) groups excluding carboxylic acids is 2. The van der Waals surface area contributed by atoms with Crippen LogP contribution in [-0.2, 0) is 10.2 Å². The number of hydrogen-bond donors (Lipinski definition) is 2. The van der Waals surface area contributed by atoms with Crippen LogP contribution in [-0.4, -0.2) is 65.4 Å². The summed E-state index contributed by atoms with van der Waals surface area (Å²) in [5, 5.41) is 9.28. The van der Waals surface area contributed by atoms with E-state index in [2.05, 4.69) is 20.1 Å². The van der Waals surface area contributed by atoms with Crippen LogP contribution in [0.25, 0.3) is 16.6 Å². The lowest BCUT2D eigenvalue weighted by Gasteiger charge is -2.39. The number of primary amides is 1. The first-order valence-electron chi connectivity index (χ1n) is 13.2. The summed E-state index contributed by atoms with van der Waals surface area (Å²) < 4.78 is 14.8. The lowest BCUT2D eigenvalue weighted by Crippen LogP contribution is -2.53. The fraction of sp³-hybridized carbons (Fsp3) is 0.310. The number of amidine groups is 1. The standard InChI is InChI=1S/C29H27FN8O2/c1-37-27(40)22-24(16-8-9-17(25(32)39)23-15(16)5-4-11-33-23)35-36-26(22)34-28(37)38-12-10-18-20(13-38)29(18,14-31)19-6-2-3-7-21(19)30/h2-9,11,18,20,28H,10,12-14,31H2,1H3,(H2,32,39)/t18-,20+,28?,29-/m1/s1. The first kappa shape index (κ1) is 24.7. The number of nitrogens with two attached hydrogens (primary N) is 2. The molecule has 2 fully saturated rings. The molecule has 202 valence electrons. The van der Waals surface area contributed by atoms with Crippen molar-refractivity contribution in [3.8, 4) is 0 Å². The first-order chi connectivity index (χ1) is 19.4. The number of fused-ring (bicyclic) bond motifs is 3. The topological polar surface area (TPSA) is 143 Å². The third-order valence-electron chi connectivity index (χ3n) is 9.01. The van der Waals surface area contributed by atoms with Crippen LogP contribution < -0.4 is 11.5 Å². The van der Waals surface area contributed by atoms with Crippen molar-refractivity contribution in [2.75, 3.05) is 26.7 Å². The molecule has 40 heavy (non-hydrogen) atoms. The molecule has 4 atom stereocenters. The summed E-state index contributed by atoms with van der Waals surface area (Å²) >= 11 is 0. The molecule has 0 radical (unpaired) electrons. The molecular formula is C29H27FN8O2. The molecule has 4 N–H and O–H groups in total. The van der Waals surface area contributed by atoms with E-state index in [4.69, 9.17) is 16.5 Å². The van der Waals surface area contributed by atoms with E-state index in [0.29, 0.717) is 58.9 Å². The fourth-order valence-electron chi connectivity index (χ4n) is 7.02. The van der Waals surface area contributed by atoms with Gasteiger partial charge in [-0.2, -0.15) is 0 Å². The third-order valence-corrected chi connectivity index (χ3v) is 9.01. The van der Waals surface area contributed by atoms with E-state index in [1.807, 2.05) is 12.1 Å². The van der Waals surface area contributed by atoms with Gasteiger partial charge < -0.3 is 16.4 Å². The summed E-state index contributed by atoms with van der Waals surface area (Å²) in [6.07, 6.45) is 1.86. The minimum Gasteiger partial charge on any atom is -0.366 e. The molecular weight excluding hydrogens is 511 g/mol. The Hall–Kier alpha value is -4.35. The Morgan fingerprint density at radius 1 is 1.12 bits per heavy atom. The van der Waals surface area contributed by atoms with E-state index < -0.39 is 17.6 Å². The van der Waals surface area contributed by atoms with Gasteiger partial charge in [-0.1, -0.05) is 30.3 Å². The molecule has 4 aliphatic rings. The summed E-state index contributed by atoms with van der Waals surface area (Å²) in [6, 6.07) is 13.7. The predicted molar refractivity (Wildman–Crippen MR) is 146 cm³/mol. The molecule has 1 saturated carbocycles. The summed E-state index contributed by atoms with van der Waals surface area (Å²) in [7, 11) is 1.72. The summed E-state index contributed by atoms with van der Waals surface area (Å²) in [5.41, 5.74) is 14.1. The highest BCUT2D eigenvalue weighted by molar-refractivity contribution is 6.29. The number of amides is 2. The van der Waals surface area contributed by atoms with Crippen LogP contribution in [0.3, 0.4) is 0 Å².